The summed E-state index contributed by atoms with van der Waals surface area (Å²) in [7, 11) is 0. The van der Waals surface area contributed by atoms with Crippen molar-refractivity contribution < 1.29 is 14.0 Å². The van der Waals surface area contributed by atoms with Gasteiger partial charge in [0.2, 0.25) is 0 Å². The van der Waals surface area contributed by atoms with Crippen LogP contribution < -0.4 is 5.32 Å². The van der Waals surface area contributed by atoms with E-state index >= 15 is 0 Å². The van der Waals surface area contributed by atoms with Crippen molar-refractivity contribution in [2.45, 2.75) is 6.42 Å². The number of carbonyl (C=O) groups is 2. The summed E-state index contributed by atoms with van der Waals surface area (Å²) in [5.41, 5.74) is 1.72. The quantitative estimate of drug-likeness (QED) is 0.795. The van der Waals surface area contributed by atoms with E-state index in [1.165, 1.54) is 0 Å². The average Bonchev–Trinajstić information content (AvgIpc) is 2.90. The summed E-state index contributed by atoms with van der Waals surface area (Å²) in [5, 5.41) is 2.29. The van der Waals surface area contributed by atoms with Gasteiger partial charge < -0.3 is 4.42 Å². The molecule has 0 spiro atoms. The zero-order chi connectivity index (χ0) is 11.8. The van der Waals surface area contributed by atoms with E-state index in [1.54, 1.807) is 24.5 Å². The molecule has 3 rings (SSSR count). The molecule has 0 aliphatic carbocycles. The summed E-state index contributed by atoms with van der Waals surface area (Å²) in [5.74, 6) is 0.115. The van der Waals surface area contributed by atoms with Gasteiger partial charge in [0.15, 0.2) is 0 Å². The van der Waals surface area contributed by atoms with E-state index in [-0.39, 0.29) is 11.8 Å². The van der Waals surface area contributed by atoms with Crippen molar-refractivity contribution in [3.8, 4) is 0 Å². The van der Waals surface area contributed by atoms with E-state index in [4.69, 9.17) is 4.42 Å². The molecule has 1 aliphatic rings. The minimum Gasteiger partial charge on any atom is -0.469 e. The number of hydrogen-bond donors (Lipinski definition) is 1. The van der Waals surface area contributed by atoms with E-state index in [2.05, 4.69) is 5.32 Å². The van der Waals surface area contributed by atoms with Gasteiger partial charge in [-0.25, -0.2) is 0 Å². The van der Waals surface area contributed by atoms with E-state index in [1.807, 2.05) is 12.1 Å². The van der Waals surface area contributed by atoms with Crippen molar-refractivity contribution in [2.75, 3.05) is 0 Å². The standard InChI is InChI=1S/C13H9NO3/c15-12-10-5-1-3-8(11(10)13(16)14-12)7-9-4-2-6-17-9/h1-6H,7H2,(H,14,15,16). The van der Waals surface area contributed by atoms with Gasteiger partial charge in [0.25, 0.3) is 11.8 Å². The Bertz CT molecular complexity index is 599. The lowest BCUT2D eigenvalue weighted by molar-refractivity contribution is 0.0879. The maximum absolute atomic E-state index is 11.7. The zero-order valence-electron chi connectivity index (χ0n) is 8.90. The van der Waals surface area contributed by atoms with Crippen LogP contribution >= 0.6 is 0 Å². The van der Waals surface area contributed by atoms with Crippen LogP contribution in [0.15, 0.2) is 41.0 Å². The first kappa shape index (κ1) is 9.84. The van der Waals surface area contributed by atoms with E-state index in [0.717, 1.165) is 11.3 Å². The van der Waals surface area contributed by atoms with Gasteiger partial charge in [-0.3, -0.25) is 14.9 Å². The summed E-state index contributed by atoms with van der Waals surface area (Å²) in [6.07, 6.45) is 2.10. The predicted octanol–water partition coefficient (Wildman–Crippen LogP) is 1.75. The fourth-order valence-electron chi connectivity index (χ4n) is 2.04. The Labute approximate surface area is 97.2 Å². The molecule has 1 aromatic heterocycles. The Kier molecular flexibility index (Phi) is 2.08. The molecule has 0 bridgehead atoms. The molecule has 0 unspecified atom stereocenters. The van der Waals surface area contributed by atoms with E-state index in [0.29, 0.717) is 17.5 Å². The molecular weight excluding hydrogens is 218 g/mol. The van der Waals surface area contributed by atoms with Crippen molar-refractivity contribution in [3.05, 3.63) is 59.0 Å². The summed E-state index contributed by atoms with van der Waals surface area (Å²) >= 11 is 0. The number of benzene rings is 1. The third-order valence-electron chi connectivity index (χ3n) is 2.79. The number of carbonyl (C=O) groups excluding carboxylic acids is 2. The number of amides is 2. The maximum Gasteiger partial charge on any atom is 0.259 e. The molecular formula is C13H9NO3. The Hall–Kier alpha value is -2.36. The number of rotatable bonds is 2. The van der Waals surface area contributed by atoms with Crippen molar-refractivity contribution >= 4 is 11.8 Å². The molecule has 0 radical (unpaired) electrons. The van der Waals surface area contributed by atoms with Crippen molar-refractivity contribution in [1.29, 1.82) is 0 Å². The molecule has 4 heteroatoms. The van der Waals surface area contributed by atoms with Crippen LogP contribution in [-0.2, 0) is 6.42 Å². The highest BCUT2D eigenvalue weighted by atomic mass is 16.3. The molecule has 1 N–H and O–H groups in total. The minimum absolute atomic E-state index is 0.327. The smallest absolute Gasteiger partial charge is 0.259 e. The fraction of sp³-hybridized carbons (Fsp3) is 0.0769. The van der Waals surface area contributed by atoms with Gasteiger partial charge in [0.05, 0.1) is 17.4 Å². The monoisotopic (exact) mass is 227 g/mol. The lowest BCUT2D eigenvalue weighted by atomic mass is 9.99. The Morgan fingerprint density at radius 1 is 1.06 bits per heavy atom. The summed E-state index contributed by atoms with van der Waals surface area (Å²) in [6, 6.07) is 8.90. The van der Waals surface area contributed by atoms with Gasteiger partial charge in [-0.1, -0.05) is 12.1 Å². The first-order chi connectivity index (χ1) is 8.25. The first-order valence-electron chi connectivity index (χ1n) is 5.25. The molecule has 2 aromatic rings. The zero-order valence-corrected chi connectivity index (χ0v) is 8.90. The molecule has 84 valence electrons. The van der Waals surface area contributed by atoms with Gasteiger partial charge in [0.1, 0.15) is 5.76 Å². The fourth-order valence-corrected chi connectivity index (χ4v) is 2.04. The molecule has 0 fully saturated rings. The molecule has 17 heavy (non-hydrogen) atoms. The number of fused-ring (bicyclic) bond motifs is 1. The van der Waals surface area contributed by atoms with Crippen LogP contribution in [-0.4, -0.2) is 11.8 Å². The number of furan rings is 1. The number of hydrogen-bond acceptors (Lipinski definition) is 3. The summed E-state index contributed by atoms with van der Waals surface area (Å²) in [4.78, 5) is 23.1. The molecule has 4 nitrogen and oxygen atoms in total. The lowest BCUT2D eigenvalue weighted by Crippen LogP contribution is -2.20. The average molecular weight is 227 g/mol. The number of imide groups is 1. The maximum atomic E-state index is 11.7. The highest BCUT2D eigenvalue weighted by molar-refractivity contribution is 6.22. The second kappa shape index (κ2) is 3.59. The molecule has 0 saturated carbocycles. The lowest BCUT2D eigenvalue weighted by Gasteiger charge is -2.03. The molecule has 2 amide bonds. The largest absolute Gasteiger partial charge is 0.469 e. The Morgan fingerprint density at radius 2 is 1.94 bits per heavy atom. The van der Waals surface area contributed by atoms with Crippen LogP contribution in [0.2, 0.25) is 0 Å². The summed E-state index contributed by atoms with van der Waals surface area (Å²) in [6.45, 7) is 0. The van der Waals surface area contributed by atoms with Crippen molar-refractivity contribution in [2.24, 2.45) is 0 Å². The summed E-state index contributed by atoms with van der Waals surface area (Å²) < 4.78 is 5.24. The van der Waals surface area contributed by atoms with Gasteiger partial charge in [-0.15, -0.1) is 0 Å². The number of nitrogens with one attached hydrogen (secondary N) is 1. The molecule has 0 atom stereocenters. The molecule has 1 aromatic carbocycles. The van der Waals surface area contributed by atoms with Crippen molar-refractivity contribution in [3.63, 3.8) is 0 Å². The third kappa shape index (κ3) is 1.54. The van der Waals surface area contributed by atoms with Gasteiger partial charge in [-0.05, 0) is 23.8 Å². The SMILES string of the molecule is O=C1NC(=O)c2c(Cc3ccco3)cccc21. The van der Waals surface area contributed by atoms with Crippen LogP contribution in [0.25, 0.3) is 0 Å². The van der Waals surface area contributed by atoms with Crippen molar-refractivity contribution in [1.82, 2.24) is 5.32 Å². The Balaban J connectivity index is 2.07. The highest BCUT2D eigenvalue weighted by Gasteiger charge is 2.29. The normalized spacial score (nSPS) is 13.6. The molecule has 1 aliphatic heterocycles. The first-order valence-corrected chi connectivity index (χ1v) is 5.25. The van der Waals surface area contributed by atoms with Crippen LogP contribution in [0.1, 0.15) is 32.0 Å². The van der Waals surface area contributed by atoms with Crippen LogP contribution in [0.3, 0.4) is 0 Å². The minimum atomic E-state index is -0.328. The molecule has 2 heterocycles. The Morgan fingerprint density at radius 3 is 2.71 bits per heavy atom. The predicted molar refractivity (Wildman–Crippen MR) is 59.8 cm³/mol. The van der Waals surface area contributed by atoms with E-state index in [9.17, 15) is 9.59 Å². The third-order valence-corrected chi connectivity index (χ3v) is 2.79. The van der Waals surface area contributed by atoms with Crippen LogP contribution in [0, 0.1) is 0 Å². The highest BCUT2D eigenvalue weighted by Crippen LogP contribution is 2.22. The second-order valence-corrected chi connectivity index (χ2v) is 3.88. The van der Waals surface area contributed by atoms with Gasteiger partial charge in [0, 0.05) is 6.42 Å². The topological polar surface area (TPSA) is 59.3 Å². The van der Waals surface area contributed by atoms with Gasteiger partial charge >= 0.3 is 0 Å². The van der Waals surface area contributed by atoms with Gasteiger partial charge in [-0.2, -0.15) is 0 Å². The second-order valence-electron chi connectivity index (χ2n) is 3.88. The van der Waals surface area contributed by atoms with Crippen LogP contribution in [0.5, 0.6) is 0 Å². The van der Waals surface area contributed by atoms with E-state index < -0.39 is 0 Å². The van der Waals surface area contributed by atoms with Crippen LogP contribution in [0.4, 0.5) is 0 Å². The molecule has 0 saturated heterocycles.